The summed E-state index contributed by atoms with van der Waals surface area (Å²) in [6, 6.07) is 3.89. The van der Waals surface area contributed by atoms with Crippen molar-refractivity contribution in [1.29, 1.82) is 0 Å². The van der Waals surface area contributed by atoms with E-state index in [1.54, 1.807) is 19.3 Å². The third-order valence-corrected chi connectivity index (χ3v) is 4.89. The molecule has 4 rings (SSSR count). The summed E-state index contributed by atoms with van der Waals surface area (Å²) in [5.41, 5.74) is 0.828. The molecule has 8 heteroatoms. The van der Waals surface area contributed by atoms with Crippen LogP contribution < -0.4 is 0 Å². The van der Waals surface area contributed by atoms with Gasteiger partial charge in [-0.25, -0.2) is 0 Å². The Hall–Kier alpha value is -2.45. The maximum absolute atomic E-state index is 12.4. The van der Waals surface area contributed by atoms with Crippen LogP contribution in [0.2, 0.25) is 0 Å². The first kappa shape index (κ1) is 17.0. The molecule has 26 heavy (non-hydrogen) atoms. The zero-order valence-electron chi connectivity index (χ0n) is 14.9. The van der Waals surface area contributed by atoms with Crippen LogP contribution in [0.25, 0.3) is 5.57 Å². The van der Waals surface area contributed by atoms with Gasteiger partial charge in [-0.3, -0.25) is 9.69 Å². The molecule has 1 unspecified atom stereocenters. The van der Waals surface area contributed by atoms with Crippen LogP contribution in [-0.2, 0) is 9.53 Å². The van der Waals surface area contributed by atoms with E-state index in [-0.39, 0.29) is 18.0 Å². The quantitative estimate of drug-likeness (QED) is 0.769. The highest BCUT2D eigenvalue weighted by molar-refractivity contribution is 5.94. The fraction of sp³-hybridized carbons (Fsp3) is 0.500. The molecule has 2 fully saturated rings. The van der Waals surface area contributed by atoms with Crippen molar-refractivity contribution in [3.8, 4) is 0 Å². The Morgan fingerprint density at radius 1 is 1.38 bits per heavy atom. The van der Waals surface area contributed by atoms with Crippen molar-refractivity contribution >= 4 is 11.5 Å². The monoisotopic (exact) mass is 358 g/mol. The molecule has 2 aliphatic rings. The van der Waals surface area contributed by atoms with Crippen LogP contribution in [0, 0.1) is 6.92 Å². The number of morpholine rings is 1. The molecular weight excluding hydrogens is 336 g/mol. The first-order valence-corrected chi connectivity index (χ1v) is 8.76. The van der Waals surface area contributed by atoms with Gasteiger partial charge in [-0.2, -0.15) is 4.98 Å². The number of allylic oxidation sites excluding steroid dienone is 1. The minimum atomic E-state index is -0.0485. The second kappa shape index (κ2) is 7.05. The molecule has 2 aromatic rings. The summed E-state index contributed by atoms with van der Waals surface area (Å²) < 4.78 is 16.3. The molecule has 1 atom stereocenters. The fourth-order valence-corrected chi connectivity index (χ4v) is 3.41. The Morgan fingerprint density at radius 2 is 2.23 bits per heavy atom. The first-order valence-electron chi connectivity index (χ1n) is 8.76. The van der Waals surface area contributed by atoms with Crippen molar-refractivity contribution in [3.05, 3.63) is 41.9 Å². The average molecular weight is 358 g/mol. The molecule has 138 valence electrons. The largest absolute Gasteiger partial charge is 0.465 e. The number of carbonyl (C=O) groups excluding carboxylic acids is 1. The van der Waals surface area contributed by atoms with Crippen molar-refractivity contribution in [1.82, 2.24) is 19.9 Å². The lowest BCUT2D eigenvalue weighted by Gasteiger charge is -2.48. The van der Waals surface area contributed by atoms with E-state index in [1.165, 1.54) is 0 Å². The SMILES string of the molecule is C/C(=C\C(=O)N1CC(N2CCOCC2c2nc(C)no2)C1)c1ccco1. The van der Waals surface area contributed by atoms with Gasteiger partial charge < -0.3 is 18.6 Å². The summed E-state index contributed by atoms with van der Waals surface area (Å²) in [5, 5.41) is 3.88. The number of amides is 1. The van der Waals surface area contributed by atoms with Crippen molar-refractivity contribution in [2.75, 3.05) is 32.8 Å². The Labute approximate surface area is 151 Å². The van der Waals surface area contributed by atoms with Gasteiger partial charge >= 0.3 is 0 Å². The molecule has 4 heterocycles. The highest BCUT2D eigenvalue weighted by Crippen LogP contribution is 2.29. The number of hydrogen-bond donors (Lipinski definition) is 0. The average Bonchev–Trinajstić information content (AvgIpc) is 3.25. The highest BCUT2D eigenvalue weighted by atomic mass is 16.5. The second-order valence-corrected chi connectivity index (χ2v) is 6.71. The molecule has 0 saturated carbocycles. The molecule has 0 radical (unpaired) electrons. The lowest BCUT2D eigenvalue weighted by Crippen LogP contribution is -2.63. The van der Waals surface area contributed by atoms with Gasteiger partial charge in [0.2, 0.25) is 11.8 Å². The Bertz CT molecular complexity index is 792. The normalized spacial score (nSPS) is 22.5. The van der Waals surface area contributed by atoms with Gasteiger partial charge in [0.1, 0.15) is 11.8 Å². The molecule has 8 nitrogen and oxygen atoms in total. The smallest absolute Gasteiger partial charge is 0.247 e. The molecule has 0 N–H and O–H groups in total. The van der Waals surface area contributed by atoms with Gasteiger partial charge in [-0.1, -0.05) is 5.16 Å². The summed E-state index contributed by atoms with van der Waals surface area (Å²) >= 11 is 0. The van der Waals surface area contributed by atoms with Crippen LogP contribution in [0.5, 0.6) is 0 Å². The minimum Gasteiger partial charge on any atom is -0.465 e. The van der Waals surface area contributed by atoms with Crippen LogP contribution in [0.15, 0.2) is 33.4 Å². The van der Waals surface area contributed by atoms with Gasteiger partial charge in [0.05, 0.1) is 19.5 Å². The summed E-state index contributed by atoms with van der Waals surface area (Å²) in [4.78, 5) is 20.9. The van der Waals surface area contributed by atoms with Gasteiger partial charge in [0.15, 0.2) is 5.82 Å². The predicted octanol–water partition coefficient (Wildman–Crippen LogP) is 1.66. The van der Waals surface area contributed by atoms with E-state index in [4.69, 9.17) is 13.7 Å². The van der Waals surface area contributed by atoms with Gasteiger partial charge in [0, 0.05) is 31.8 Å². The summed E-state index contributed by atoms with van der Waals surface area (Å²) in [7, 11) is 0. The maximum atomic E-state index is 12.4. The molecule has 2 aromatic heterocycles. The summed E-state index contributed by atoms with van der Waals surface area (Å²) in [6.07, 6.45) is 3.24. The van der Waals surface area contributed by atoms with E-state index in [0.717, 1.165) is 17.9 Å². The molecule has 2 saturated heterocycles. The van der Waals surface area contributed by atoms with Crippen molar-refractivity contribution in [3.63, 3.8) is 0 Å². The number of furan rings is 1. The number of carbonyl (C=O) groups is 1. The Balaban J connectivity index is 1.38. The molecule has 0 bridgehead atoms. The number of likely N-dealkylation sites (tertiary alicyclic amines) is 1. The topological polar surface area (TPSA) is 84.8 Å². The van der Waals surface area contributed by atoms with Crippen LogP contribution in [0.4, 0.5) is 0 Å². The van der Waals surface area contributed by atoms with Gasteiger partial charge in [-0.05, 0) is 31.6 Å². The third kappa shape index (κ3) is 3.30. The Morgan fingerprint density at radius 3 is 2.92 bits per heavy atom. The van der Waals surface area contributed by atoms with Crippen LogP contribution in [0.3, 0.4) is 0 Å². The lowest BCUT2D eigenvalue weighted by atomic mass is 10.0. The van der Waals surface area contributed by atoms with Gasteiger partial charge in [-0.15, -0.1) is 0 Å². The second-order valence-electron chi connectivity index (χ2n) is 6.71. The van der Waals surface area contributed by atoms with E-state index in [1.807, 2.05) is 24.0 Å². The van der Waals surface area contributed by atoms with Gasteiger partial charge in [0.25, 0.3) is 0 Å². The molecule has 0 aromatic carbocycles. The predicted molar refractivity (Wildman–Crippen MR) is 92.0 cm³/mol. The fourth-order valence-electron chi connectivity index (χ4n) is 3.41. The number of aromatic nitrogens is 2. The highest BCUT2D eigenvalue weighted by Gasteiger charge is 2.40. The number of hydrogen-bond acceptors (Lipinski definition) is 7. The van der Waals surface area contributed by atoms with Crippen LogP contribution >= 0.6 is 0 Å². The van der Waals surface area contributed by atoms with E-state index < -0.39 is 0 Å². The zero-order chi connectivity index (χ0) is 18.1. The van der Waals surface area contributed by atoms with Crippen molar-refractivity contribution in [2.24, 2.45) is 0 Å². The standard InChI is InChI=1S/C18H22N4O4/c1-12(16-4-3-6-25-16)8-17(23)21-9-14(10-21)22-5-7-24-11-15(22)18-19-13(2)20-26-18/h3-4,6,8,14-15H,5,7,9-11H2,1-2H3/b12-8+. The van der Waals surface area contributed by atoms with E-state index in [0.29, 0.717) is 38.0 Å². The zero-order valence-corrected chi connectivity index (χ0v) is 14.9. The number of aryl methyl sites for hydroxylation is 1. The number of nitrogens with zero attached hydrogens (tertiary/aromatic N) is 4. The summed E-state index contributed by atoms with van der Waals surface area (Å²) in [5.74, 6) is 1.93. The Kier molecular flexibility index (Phi) is 4.60. The minimum absolute atomic E-state index is 0.00796. The van der Waals surface area contributed by atoms with Crippen LogP contribution in [0.1, 0.15) is 30.4 Å². The summed E-state index contributed by atoms with van der Waals surface area (Å²) in [6.45, 7) is 7.05. The van der Waals surface area contributed by atoms with Crippen molar-refractivity contribution in [2.45, 2.75) is 25.9 Å². The van der Waals surface area contributed by atoms with E-state index in [2.05, 4.69) is 15.0 Å². The number of rotatable bonds is 4. The first-order chi connectivity index (χ1) is 12.6. The molecule has 0 spiro atoms. The molecule has 2 aliphatic heterocycles. The van der Waals surface area contributed by atoms with E-state index >= 15 is 0 Å². The molecular formula is C18H22N4O4. The van der Waals surface area contributed by atoms with Crippen molar-refractivity contribution < 1.29 is 18.5 Å². The van der Waals surface area contributed by atoms with E-state index in [9.17, 15) is 4.79 Å². The number of ether oxygens (including phenoxy) is 1. The lowest BCUT2D eigenvalue weighted by molar-refractivity contribution is -0.137. The van der Waals surface area contributed by atoms with Crippen LogP contribution in [-0.4, -0.2) is 64.7 Å². The molecule has 0 aliphatic carbocycles. The maximum Gasteiger partial charge on any atom is 0.247 e. The third-order valence-electron chi connectivity index (χ3n) is 4.89. The molecule has 1 amide bonds.